The molecule has 1 aromatic heterocycles. The monoisotopic (exact) mass is 370 g/mol. The summed E-state index contributed by atoms with van der Waals surface area (Å²) in [7, 11) is -3.75. The van der Waals surface area contributed by atoms with Gasteiger partial charge < -0.3 is 10.3 Å². The van der Waals surface area contributed by atoms with Gasteiger partial charge >= 0.3 is 0 Å². The second-order valence-electron chi connectivity index (χ2n) is 5.56. The molecule has 1 heterocycles. The van der Waals surface area contributed by atoms with E-state index in [1.807, 2.05) is 0 Å². The third-order valence-corrected chi connectivity index (χ3v) is 5.21. The maximum Gasteiger partial charge on any atom is 0.251 e. The van der Waals surface area contributed by atoms with Crippen molar-refractivity contribution in [2.24, 2.45) is 5.73 Å². The summed E-state index contributed by atoms with van der Waals surface area (Å²) in [5, 5.41) is -1.48. The minimum atomic E-state index is -3.75. The zero-order valence-electron chi connectivity index (χ0n) is 13.3. The number of hydrogen-bond acceptors (Lipinski definition) is 4. The van der Waals surface area contributed by atoms with Crippen molar-refractivity contribution in [1.29, 1.82) is 0 Å². The van der Waals surface area contributed by atoms with Gasteiger partial charge in [-0.05, 0) is 12.5 Å². The van der Waals surface area contributed by atoms with Gasteiger partial charge in [0.1, 0.15) is 16.9 Å². The van der Waals surface area contributed by atoms with Gasteiger partial charge in [0.15, 0.2) is 9.84 Å². The van der Waals surface area contributed by atoms with Gasteiger partial charge in [0.2, 0.25) is 5.91 Å². The van der Waals surface area contributed by atoms with Crippen LogP contribution in [0.4, 0.5) is 8.78 Å². The third-order valence-electron chi connectivity index (χ3n) is 3.71. The molecule has 0 fully saturated rings. The van der Waals surface area contributed by atoms with E-state index in [-0.39, 0.29) is 24.1 Å². The number of benzene rings is 1. The van der Waals surface area contributed by atoms with Crippen molar-refractivity contribution in [1.82, 2.24) is 4.57 Å². The number of rotatable bonds is 6. The molecule has 25 heavy (non-hydrogen) atoms. The maximum absolute atomic E-state index is 14.3. The number of nitrogens with two attached hydrogens (primary N) is 1. The fourth-order valence-electron chi connectivity index (χ4n) is 2.43. The van der Waals surface area contributed by atoms with Gasteiger partial charge in [0.05, 0.1) is 0 Å². The average molecular weight is 370 g/mol. The number of nitrogens with zero attached hydrogens (tertiary/aromatic N) is 1. The first-order chi connectivity index (χ1) is 11.6. The van der Waals surface area contributed by atoms with Crippen LogP contribution in [0, 0.1) is 11.6 Å². The van der Waals surface area contributed by atoms with E-state index in [2.05, 4.69) is 0 Å². The highest BCUT2D eigenvalue weighted by Gasteiger charge is 2.26. The van der Waals surface area contributed by atoms with Gasteiger partial charge in [0, 0.05) is 36.2 Å². The quantitative estimate of drug-likeness (QED) is 0.822. The smallest absolute Gasteiger partial charge is 0.251 e. The minimum absolute atomic E-state index is 0.0598. The molecule has 9 heteroatoms. The average Bonchev–Trinajstić information content (AvgIpc) is 2.49. The normalized spacial score (nSPS) is 12.8. The first kappa shape index (κ1) is 18.8. The van der Waals surface area contributed by atoms with Crippen LogP contribution >= 0.6 is 0 Å². The lowest BCUT2D eigenvalue weighted by Gasteiger charge is -2.13. The molecule has 1 amide bonds. The van der Waals surface area contributed by atoms with E-state index < -0.39 is 38.2 Å². The van der Waals surface area contributed by atoms with Crippen molar-refractivity contribution < 1.29 is 22.0 Å². The Hall–Kier alpha value is -2.55. The summed E-state index contributed by atoms with van der Waals surface area (Å²) < 4.78 is 52.0. The topological polar surface area (TPSA) is 99.2 Å². The summed E-state index contributed by atoms with van der Waals surface area (Å²) in [5.74, 6) is -2.57. The molecule has 0 spiro atoms. The molecule has 0 radical (unpaired) electrons. The zero-order chi connectivity index (χ0) is 18.8. The molecule has 134 valence electrons. The SMILES string of the molecule is CS(=O)(=O)C(CCn1cc(F)c(-c2ccccc2F)cc1=O)C(N)=O. The molecule has 0 saturated carbocycles. The number of carbonyl (C=O) groups excluding carboxylic acids is 1. The fraction of sp³-hybridized carbons (Fsp3) is 0.250. The highest BCUT2D eigenvalue weighted by molar-refractivity contribution is 7.92. The van der Waals surface area contributed by atoms with Crippen molar-refractivity contribution in [3.05, 3.63) is 58.5 Å². The summed E-state index contributed by atoms with van der Waals surface area (Å²) in [6.07, 6.45) is 1.43. The van der Waals surface area contributed by atoms with Crippen LogP contribution in [0.25, 0.3) is 11.1 Å². The number of hydrogen-bond donors (Lipinski definition) is 1. The summed E-state index contributed by atoms with van der Waals surface area (Å²) in [4.78, 5) is 23.4. The molecular weight excluding hydrogens is 354 g/mol. The van der Waals surface area contributed by atoms with Crippen LogP contribution in [0.2, 0.25) is 0 Å². The van der Waals surface area contributed by atoms with Crippen LogP contribution in [0.3, 0.4) is 0 Å². The van der Waals surface area contributed by atoms with Gasteiger partial charge in [0.25, 0.3) is 5.56 Å². The van der Waals surface area contributed by atoms with Gasteiger partial charge in [-0.2, -0.15) is 0 Å². The van der Waals surface area contributed by atoms with Crippen molar-refractivity contribution in [2.75, 3.05) is 6.26 Å². The Kier molecular flexibility index (Phi) is 5.36. The van der Waals surface area contributed by atoms with Crippen LogP contribution in [-0.2, 0) is 21.2 Å². The Balaban J connectivity index is 2.34. The van der Waals surface area contributed by atoms with E-state index in [9.17, 15) is 26.8 Å². The number of aryl methyl sites for hydroxylation is 1. The van der Waals surface area contributed by atoms with Crippen LogP contribution in [0.5, 0.6) is 0 Å². The Labute approximate surface area is 142 Å². The number of aromatic nitrogens is 1. The largest absolute Gasteiger partial charge is 0.369 e. The predicted octanol–water partition coefficient (Wildman–Crippen LogP) is 1.08. The first-order valence-corrected chi connectivity index (χ1v) is 9.20. The highest BCUT2D eigenvalue weighted by atomic mass is 32.2. The Bertz CT molecular complexity index is 970. The number of amides is 1. The van der Waals surface area contributed by atoms with Crippen LogP contribution in [0.1, 0.15) is 6.42 Å². The molecule has 2 N–H and O–H groups in total. The highest BCUT2D eigenvalue weighted by Crippen LogP contribution is 2.23. The molecule has 6 nitrogen and oxygen atoms in total. The fourth-order valence-corrected chi connectivity index (χ4v) is 3.39. The van der Waals surface area contributed by atoms with Crippen LogP contribution < -0.4 is 11.3 Å². The summed E-state index contributed by atoms with van der Waals surface area (Å²) in [6, 6.07) is 6.35. The second-order valence-corrected chi connectivity index (χ2v) is 7.78. The summed E-state index contributed by atoms with van der Waals surface area (Å²) in [5.41, 5.74) is 4.13. The number of halogens is 2. The summed E-state index contributed by atoms with van der Waals surface area (Å²) in [6.45, 7) is -0.228. The van der Waals surface area contributed by atoms with Crippen molar-refractivity contribution in [2.45, 2.75) is 18.2 Å². The van der Waals surface area contributed by atoms with E-state index in [0.717, 1.165) is 29.2 Å². The Morgan fingerprint density at radius 1 is 1.20 bits per heavy atom. The lowest BCUT2D eigenvalue weighted by atomic mass is 10.1. The van der Waals surface area contributed by atoms with E-state index in [1.54, 1.807) is 0 Å². The second kappa shape index (κ2) is 7.14. The van der Waals surface area contributed by atoms with Gasteiger partial charge in [-0.15, -0.1) is 0 Å². The lowest BCUT2D eigenvalue weighted by molar-refractivity contribution is -0.117. The molecular formula is C16H16F2N2O4S. The van der Waals surface area contributed by atoms with Crippen LogP contribution in [-0.4, -0.2) is 30.4 Å². The molecule has 2 aromatic rings. The zero-order valence-corrected chi connectivity index (χ0v) is 14.1. The molecule has 0 saturated heterocycles. The molecule has 0 aliphatic rings. The maximum atomic E-state index is 14.3. The Morgan fingerprint density at radius 3 is 2.40 bits per heavy atom. The third kappa shape index (κ3) is 4.30. The number of primary amides is 1. The van der Waals surface area contributed by atoms with Crippen molar-refractivity contribution >= 4 is 15.7 Å². The van der Waals surface area contributed by atoms with Gasteiger partial charge in [-0.25, -0.2) is 17.2 Å². The molecule has 1 atom stereocenters. The number of pyridine rings is 1. The standard InChI is InChI=1S/C16H16F2N2O4S/c1-25(23,24)14(16(19)22)6-7-20-9-13(18)11(8-15(20)21)10-4-2-3-5-12(10)17/h2-5,8-9,14H,6-7H2,1H3,(H2,19,22). The van der Waals surface area contributed by atoms with Crippen molar-refractivity contribution in [3.8, 4) is 11.1 Å². The summed E-state index contributed by atoms with van der Waals surface area (Å²) >= 11 is 0. The predicted molar refractivity (Wildman–Crippen MR) is 88.5 cm³/mol. The van der Waals surface area contributed by atoms with Gasteiger partial charge in [-0.3, -0.25) is 9.59 Å². The van der Waals surface area contributed by atoms with E-state index in [0.29, 0.717) is 0 Å². The lowest BCUT2D eigenvalue weighted by Crippen LogP contribution is -2.37. The van der Waals surface area contributed by atoms with Crippen LogP contribution in [0.15, 0.2) is 41.3 Å². The molecule has 1 unspecified atom stereocenters. The van der Waals surface area contributed by atoms with E-state index in [1.165, 1.54) is 18.2 Å². The van der Waals surface area contributed by atoms with E-state index in [4.69, 9.17) is 5.73 Å². The molecule has 0 aliphatic carbocycles. The first-order valence-electron chi connectivity index (χ1n) is 7.24. The molecule has 0 bridgehead atoms. The molecule has 0 aliphatic heterocycles. The minimum Gasteiger partial charge on any atom is -0.369 e. The van der Waals surface area contributed by atoms with E-state index >= 15 is 0 Å². The molecule has 1 aromatic carbocycles. The van der Waals surface area contributed by atoms with Crippen molar-refractivity contribution in [3.63, 3.8) is 0 Å². The van der Waals surface area contributed by atoms with Gasteiger partial charge in [-0.1, -0.05) is 18.2 Å². The Morgan fingerprint density at radius 2 is 1.84 bits per heavy atom. The number of sulfone groups is 1. The molecule has 2 rings (SSSR count). The number of carbonyl (C=O) groups is 1.